The summed E-state index contributed by atoms with van der Waals surface area (Å²) in [5.41, 5.74) is 0.601. The number of aromatic nitrogens is 1. The molecule has 1 N–H and O–H groups in total. The molecule has 0 bridgehead atoms. The van der Waals surface area contributed by atoms with Crippen molar-refractivity contribution in [3.05, 3.63) is 63.8 Å². The van der Waals surface area contributed by atoms with Crippen molar-refractivity contribution in [1.82, 2.24) is 4.57 Å². The second-order valence-electron chi connectivity index (χ2n) is 7.77. The minimum absolute atomic E-state index is 0.0801. The van der Waals surface area contributed by atoms with Crippen LogP contribution < -0.4 is 0 Å². The normalized spacial score (nSPS) is 15.0. The summed E-state index contributed by atoms with van der Waals surface area (Å²) in [5.74, 6) is -5.63. The molecule has 0 spiro atoms. The Hall–Kier alpha value is -2.93. The molecule has 1 unspecified atom stereocenters. The van der Waals surface area contributed by atoms with Crippen molar-refractivity contribution in [3.63, 3.8) is 0 Å². The molecule has 31 heavy (non-hydrogen) atoms. The van der Waals surface area contributed by atoms with E-state index < -0.39 is 35.2 Å². The van der Waals surface area contributed by atoms with E-state index in [1.807, 2.05) is 0 Å². The summed E-state index contributed by atoms with van der Waals surface area (Å²) in [4.78, 5) is 25.9. The summed E-state index contributed by atoms with van der Waals surface area (Å²) < 4.78 is 35.8. The number of phenolic OH excluding ortho intramolecular Hbond substituents is 1. The van der Waals surface area contributed by atoms with Gasteiger partial charge < -0.3 is 9.84 Å². The highest BCUT2D eigenvalue weighted by molar-refractivity contribution is 6.30. The number of hydrogen-bond donors (Lipinski definition) is 1. The number of aromatic hydroxyl groups is 1. The van der Waals surface area contributed by atoms with Crippen molar-refractivity contribution in [1.29, 1.82) is 0 Å². The van der Waals surface area contributed by atoms with Crippen LogP contribution in [0.2, 0.25) is 5.02 Å². The number of rotatable bonds is 4. The van der Waals surface area contributed by atoms with Gasteiger partial charge in [0, 0.05) is 27.7 Å². The summed E-state index contributed by atoms with van der Waals surface area (Å²) in [6.07, 6.45) is 2.35. The Morgan fingerprint density at radius 3 is 2.45 bits per heavy atom. The molecule has 0 amide bonds. The third-order valence-electron chi connectivity index (χ3n) is 5.82. The minimum atomic E-state index is -1.22. The maximum atomic E-state index is 15.0. The van der Waals surface area contributed by atoms with Gasteiger partial charge in [-0.05, 0) is 62.9 Å². The fourth-order valence-corrected chi connectivity index (χ4v) is 4.02. The van der Waals surface area contributed by atoms with Crippen LogP contribution in [0.1, 0.15) is 53.7 Å². The topological polar surface area (TPSA) is 68.5 Å². The SMILES string of the molecule is Cc1c(C(C)C(=O)OC2CCC2)c2c(F)c(O)c(F)cc2n1C(=O)c1ccc(Cl)cc1. The van der Waals surface area contributed by atoms with Crippen LogP contribution in [-0.2, 0) is 9.53 Å². The maximum absolute atomic E-state index is 15.0. The molecule has 0 aliphatic heterocycles. The monoisotopic (exact) mass is 447 g/mol. The van der Waals surface area contributed by atoms with E-state index in [-0.39, 0.29) is 33.8 Å². The van der Waals surface area contributed by atoms with Crippen molar-refractivity contribution in [2.75, 3.05) is 0 Å². The molecule has 2 aromatic carbocycles. The Bertz CT molecular complexity index is 1200. The Balaban J connectivity index is 1.90. The number of nitrogens with zero attached hydrogens (tertiary/aromatic N) is 1. The highest BCUT2D eigenvalue weighted by atomic mass is 35.5. The van der Waals surface area contributed by atoms with Gasteiger partial charge in [-0.3, -0.25) is 14.2 Å². The largest absolute Gasteiger partial charge is 0.503 e. The van der Waals surface area contributed by atoms with Crippen molar-refractivity contribution in [2.45, 2.75) is 45.1 Å². The number of carbonyl (C=O) groups excluding carboxylic acids is 2. The lowest BCUT2D eigenvalue weighted by Crippen LogP contribution is -2.27. The van der Waals surface area contributed by atoms with E-state index in [1.54, 1.807) is 13.8 Å². The van der Waals surface area contributed by atoms with Gasteiger partial charge in [-0.15, -0.1) is 0 Å². The van der Waals surface area contributed by atoms with Gasteiger partial charge in [0.05, 0.1) is 11.4 Å². The number of esters is 1. The Morgan fingerprint density at radius 2 is 1.87 bits per heavy atom. The first kappa shape index (κ1) is 21.3. The van der Waals surface area contributed by atoms with E-state index in [4.69, 9.17) is 16.3 Å². The zero-order valence-corrected chi connectivity index (χ0v) is 17.7. The van der Waals surface area contributed by atoms with Crippen LogP contribution in [0.3, 0.4) is 0 Å². The van der Waals surface area contributed by atoms with E-state index in [1.165, 1.54) is 24.3 Å². The van der Waals surface area contributed by atoms with Gasteiger partial charge >= 0.3 is 5.97 Å². The quantitative estimate of drug-likeness (QED) is 0.538. The Labute approximate surface area is 182 Å². The number of ether oxygens (including phenoxy) is 1. The van der Waals surface area contributed by atoms with Crippen LogP contribution in [0.15, 0.2) is 30.3 Å². The molecular formula is C23H20ClF2NO4. The molecule has 1 aromatic heterocycles. The molecule has 1 heterocycles. The van der Waals surface area contributed by atoms with Crippen LogP contribution in [0.5, 0.6) is 5.75 Å². The van der Waals surface area contributed by atoms with Crippen molar-refractivity contribution < 1.29 is 28.2 Å². The van der Waals surface area contributed by atoms with E-state index in [9.17, 15) is 19.1 Å². The zero-order valence-electron chi connectivity index (χ0n) is 16.9. The van der Waals surface area contributed by atoms with Crippen molar-refractivity contribution >= 4 is 34.4 Å². The van der Waals surface area contributed by atoms with Gasteiger partial charge in [-0.2, -0.15) is 0 Å². The van der Waals surface area contributed by atoms with E-state index >= 15 is 4.39 Å². The molecule has 0 saturated heterocycles. The van der Waals surface area contributed by atoms with Gasteiger partial charge in [-0.1, -0.05) is 11.6 Å². The van der Waals surface area contributed by atoms with Gasteiger partial charge in [0.15, 0.2) is 17.4 Å². The standard InChI is InChI=1S/C23H20ClF2NO4/c1-11(23(30)31-15-4-3-5-15)18-12(2)27(22(29)13-6-8-14(24)9-7-13)17-10-16(25)21(28)20(26)19(17)18/h6-11,15,28H,3-5H2,1-2H3. The Morgan fingerprint density at radius 1 is 1.23 bits per heavy atom. The lowest BCUT2D eigenvalue weighted by atomic mass is 9.94. The zero-order chi connectivity index (χ0) is 22.4. The van der Waals surface area contributed by atoms with Crippen LogP contribution in [0, 0.1) is 18.6 Å². The molecule has 1 aliphatic carbocycles. The summed E-state index contributed by atoms with van der Waals surface area (Å²) >= 11 is 5.89. The fourth-order valence-electron chi connectivity index (χ4n) is 3.90. The molecule has 1 fully saturated rings. The highest BCUT2D eigenvalue weighted by Gasteiger charge is 2.33. The predicted molar refractivity (Wildman–Crippen MR) is 112 cm³/mol. The van der Waals surface area contributed by atoms with Crippen molar-refractivity contribution in [2.24, 2.45) is 0 Å². The number of benzene rings is 2. The average Bonchev–Trinajstić information content (AvgIpc) is 3.00. The molecule has 0 radical (unpaired) electrons. The van der Waals surface area contributed by atoms with Gasteiger partial charge in [0.25, 0.3) is 5.91 Å². The molecule has 4 rings (SSSR count). The van der Waals surface area contributed by atoms with Gasteiger partial charge in [-0.25, -0.2) is 8.78 Å². The summed E-state index contributed by atoms with van der Waals surface area (Å²) in [5, 5.41) is 10.1. The smallest absolute Gasteiger partial charge is 0.313 e. The number of halogens is 3. The third kappa shape index (κ3) is 3.57. The third-order valence-corrected chi connectivity index (χ3v) is 6.08. The lowest BCUT2D eigenvalue weighted by Gasteiger charge is -2.26. The number of hydrogen-bond acceptors (Lipinski definition) is 4. The maximum Gasteiger partial charge on any atom is 0.313 e. The minimum Gasteiger partial charge on any atom is -0.503 e. The molecule has 5 nitrogen and oxygen atoms in total. The summed E-state index contributed by atoms with van der Waals surface area (Å²) in [6.45, 7) is 3.09. The van der Waals surface area contributed by atoms with Crippen LogP contribution in [0.4, 0.5) is 8.78 Å². The molecule has 1 atom stereocenters. The predicted octanol–water partition coefficient (Wildman–Crippen LogP) is 5.47. The highest BCUT2D eigenvalue weighted by Crippen LogP contribution is 2.39. The molecular weight excluding hydrogens is 428 g/mol. The molecule has 8 heteroatoms. The summed E-state index contributed by atoms with van der Waals surface area (Å²) in [6, 6.07) is 6.95. The fraction of sp³-hybridized carbons (Fsp3) is 0.304. The second-order valence-corrected chi connectivity index (χ2v) is 8.21. The second kappa shape index (κ2) is 7.96. The number of carbonyl (C=O) groups is 2. The van der Waals surface area contributed by atoms with E-state index in [0.29, 0.717) is 5.02 Å². The van der Waals surface area contributed by atoms with Crippen LogP contribution >= 0.6 is 11.6 Å². The average molecular weight is 448 g/mol. The molecule has 162 valence electrons. The first-order valence-electron chi connectivity index (χ1n) is 9.93. The number of fused-ring (bicyclic) bond motifs is 1. The van der Waals surface area contributed by atoms with Gasteiger partial charge in [0.1, 0.15) is 6.10 Å². The van der Waals surface area contributed by atoms with Gasteiger partial charge in [0.2, 0.25) is 0 Å². The van der Waals surface area contributed by atoms with Crippen LogP contribution in [0.25, 0.3) is 10.9 Å². The Kier molecular flexibility index (Phi) is 5.47. The molecule has 1 aliphatic rings. The van der Waals surface area contributed by atoms with Crippen LogP contribution in [-0.4, -0.2) is 27.7 Å². The summed E-state index contributed by atoms with van der Waals surface area (Å²) in [7, 11) is 0. The van der Waals surface area contributed by atoms with Crippen molar-refractivity contribution in [3.8, 4) is 5.75 Å². The first-order valence-corrected chi connectivity index (χ1v) is 10.3. The first-order chi connectivity index (χ1) is 14.7. The molecule has 1 saturated carbocycles. The molecule has 3 aromatic rings. The van der Waals surface area contributed by atoms with E-state index in [0.717, 1.165) is 29.9 Å². The van der Waals surface area contributed by atoms with E-state index in [2.05, 4.69) is 0 Å². The number of phenols is 1. The lowest BCUT2D eigenvalue weighted by molar-refractivity contribution is -0.154.